The summed E-state index contributed by atoms with van der Waals surface area (Å²) in [7, 11) is 0. The van der Waals surface area contributed by atoms with Gasteiger partial charge in [-0.3, -0.25) is 9.78 Å². The van der Waals surface area contributed by atoms with Gasteiger partial charge in [0.2, 0.25) is 5.88 Å². The topological polar surface area (TPSA) is 66.7 Å². The average molecular weight is 350 g/mol. The lowest BCUT2D eigenvalue weighted by Gasteiger charge is -2.11. The van der Waals surface area contributed by atoms with Crippen LogP contribution in [0.2, 0.25) is 0 Å². The molecular weight excluding hydrogens is 336 g/mol. The lowest BCUT2D eigenvalue weighted by Crippen LogP contribution is -1.94. The van der Waals surface area contributed by atoms with Gasteiger partial charge in [-0.15, -0.1) is 0 Å². The minimum absolute atomic E-state index is 0.0203. The maximum absolute atomic E-state index is 11.4. The summed E-state index contributed by atoms with van der Waals surface area (Å²) in [5, 5.41) is 9.92. The van der Waals surface area contributed by atoms with Crippen LogP contribution in [0.4, 0.5) is 5.69 Å². The number of hydrogen-bond acceptors (Lipinski definition) is 4. The number of ether oxygens (including phenoxy) is 1. The van der Waals surface area contributed by atoms with Crippen LogP contribution in [-0.4, -0.2) is 10.1 Å². The third-order valence-electron chi connectivity index (χ3n) is 4.37. The smallest absolute Gasteiger partial charge is 0.307 e. The Morgan fingerprint density at radius 3 is 2.64 bits per heavy atom. The maximum Gasteiger partial charge on any atom is 0.307 e. The van der Waals surface area contributed by atoms with Gasteiger partial charge in [-0.25, -0.2) is 4.85 Å². The Morgan fingerprint density at radius 1 is 1.20 bits per heavy atom. The second kappa shape index (κ2) is 6.11. The molecule has 0 saturated carbocycles. The summed E-state index contributed by atoms with van der Waals surface area (Å²) in [6.07, 6.45) is 1.74. The fraction of sp³-hybridized carbons (Fsp3) is 0.158. The molecule has 3 aromatic rings. The monoisotopic (exact) mass is 350 g/mol. The molecule has 25 heavy (non-hydrogen) atoms. The first-order valence-electron chi connectivity index (χ1n) is 7.84. The number of aromatic hydroxyl groups is 1. The number of aromatic amines is 1. The summed E-state index contributed by atoms with van der Waals surface area (Å²) < 4.78 is 5.87. The van der Waals surface area contributed by atoms with Gasteiger partial charge in [0.1, 0.15) is 11.5 Å². The fourth-order valence-corrected chi connectivity index (χ4v) is 4.10. The summed E-state index contributed by atoms with van der Waals surface area (Å²) in [4.78, 5) is 17.7. The summed E-state index contributed by atoms with van der Waals surface area (Å²) in [6.45, 7) is 6.97. The number of aryl methyl sites for hydroxylation is 1. The maximum atomic E-state index is 11.4. The zero-order valence-corrected chi connectivity index (χ0v) is 14.0. The van der Waals surface area contributed by atoms with Crippen molar-refractivity contribution in [1.29, 1.82) is 0 Å². The van der Waals surface area contributed by atoms with Crippen molar-refractivity contribution in [2.45, 2.75) is 18.8 Å². The highest BCUT2D eigenvalue weighted by molar-refractivity contribution is 7.09. The molecule has 5 nitrogen and oxygen atoms in total. The second-order valence-electron chi connectivity index (χ2n) is 5.89. The van der Waals surface area contributed by atoms with E-state index in [4.69, 9.17) is 11.3 Å². The number of rotatable bonds is 3. The molecule has 6 heteroatoms. The standard InChI is InChI=1S/C19H14N2O3S/c1-20-12-3-5-13(6-4-12)24-14-7-9-15-11(10-14)2-8-16(15)17-18(22)21-19(23)25-17/h3-7,9-10,16,22H,2,8H2,(H,21,23)/t16-/m1/s1. The molecule has 1 aliphatic carbocycles. The van der Waals surface area contributed by atoms with Gasteiger partial charge in [-0.05, 0) is 48.2 Å². The highest BCUT2D eigenvalue weighted by Gasteiger charge is 2.28. The van der Waals surface area contributed by atoms with E-state index in [2.05, 4.69) is 9.83 Å². The Kier molecular flexibility index (Phi) is 3.79. The van der Waals surface area contributed by atoms with Crippen LogP contribution in [-0.2, 0) is 6.42 Å². The summed E-state index contributed by atoms with van der Waals surface area (Å²) in [5.74, 6) is 1.45. The highest BCUT2D eigenvalue weighted by atomic mass is 32.1. The van der Waals surface area contributed by atoms with Crippen LogP contribution < -0.4 is 9.61 Å². The minimum atomic E-state index is -0.233. The van der Waals surface area contributed by atoms with Crippen molar-refractivity contribution in [2.24, 2.45) is 0 Å². The molecule has 1 atom stereocenters. The zero-order chi connectivity index (χ0) is 17.4. The fourth-order valence-electron chi connectivity index (χ4n) is 3.22. The van der Waals surface area contributed by atoms with Crippen molar-refractivity contribution < 1.29 is 9.84 Å². The van der Waals surface area contributed by atoms with E-state index in [9.17, 15) is 9.90 Å². The number of nitrogens with zero attached hydrogens (tertiary/aromatic N) is 1. The van der Waals surface area contributed by atoms with Crippen molar-refractivity contribution in [3.05, 3.63) is 79.6 Å². The second-order valence-corrected chi connectivity index (χ2v) is 6.90. The predicted molar refractivity (Wildman–Crippen MR) is 96.0 cm³/mol. The van der Waals surface area contributed by atoms with Gasteiger partial charge in [0, 0.05) is 5.92 Å². The third kappa shape index (κ3) is 2.90. The van der Waals surface area contributed by atoms with Gasteiger partial charge in [-0.2, -0.15) is 0 Å². The summed E-state index contributed by atoms with van der Waals surface area (Å²) in [6, 6.07) is 12.9. The van der Waals surface area contributed by atoms with E-state index in [1.165, 1.54) is 5.56 Å². The minimum Gasteiger partial charge on any atom is -0.494 e. The van der Waals surface area contributed by atoms with E-state index < -0.39 is 0 Å². The van der Waals surface area contributed by atoms with Gasteiger partial charge in [0.15, 0.2) is 5.69 Å². The number of fused-ring (bicyclic) bond motifs is 1. The van der Waals surface area contributed by atoms with E-state index in [0.29, 0.717) is 16.3 Å². The lowest BCUT2D eigenvalue weighted by atomic mass is 10.00. The molecule has 0 fully saturated rings. The van der Waals surface area contributed by atoms with Gasteiger partial charge in [-0.1, -0.05) is 29.5 Å². The number of benzene rings is 2. The molecule has 124 valence electrons. The molecule has 1 heterocycles. The molecule has 1 aromatic heterocycles. The first-order valence-corrected chi connectivity index (χ1v) is 8.66. The Morgan fingerprint density at radius 2 is 1.96 bits per heavy atom. The molecule has 4 rings (SSSR count). The molecule has 2 aromatic carbocycles. The Hall–Kier alpha value is -3.04. The normalized spacial score (nSPS) is 15.6. The Bertz CT molecular complexity index is 1030. The average Bonchev–Trinajstić information content (AvgIpc) is 3.17. The Labute approximate surface area is 148 Å². The van der Waals surface area contributed by atoms with Crippen molar-refractivity contribution >= 4 is 17.0 Å². The van der Waals surface area contributed by atoms with Crippen LogP contribution in [0.15, 0.2) is 47.3 Å². The van der Waals surface area contributed by atoms with Crippen molar-refractivity contribution in [2.75, 3.05) is 0 Å². The molecule has 0 radical (unpaired) electrons. The van der Waals surface area contributed by atoms with Gasteiger partial charge in [0.05, 0.1) is 11.4 Å². The number of H-pyrrole nitrogens is 1. The largest absolute Gasteiger partial charge is 0.494 e. The zero-order valence-electron chi connectivity index (χ0n) is 13.2. The van der Waals surface area contributed by atoms with Crippen molar-refractivity contribution in [3.63, 3.8) is 0 Å². The molecule has 0 aliphatic heterocycles. The molecule has 0 unspecified atom stereocenters. The van der Waals surface area contributed by atoms with E-state index in [1.807, 2.05) is 18.2 Å². The number of aromatic nitrogens is 1. The van der Waals surface area contributed by atoms with E-state index >= 15 is 0 Å². The third-order valence-corrected chi connectivity index (χ3v) is 5.35. The SMILES string of the molecule is [C-]#[N+]c1ccc(Oc2ccc3c(c2)CC[C@H]3c2sc(=O)[nH]c2O)cc1. The van der Waals surface area contributed by atoms with Crippen LogP contribution >= 0.6 is 11.3 Å². The quantitative estimate of drug-likeness (QED) is 0.680. The highest BCUT2D eigenvalue weighted by Crippen LogP contribution is 2.43. The van der Waals surface area contributed by atoms with Crippen molar-refractivity contribution in [3.8, 4) is 17.4 Å². The number of thiazole rings is 1. The molecular formula is C19H14N2O3S. The van der Waals surface area contributed by atoms with Crippen LogP contribution in [0.25, 0.3) is 4.85 Å². The van der Waals surface area contributed by atoms with Crippen LogP contribution in [0.3, 0.4) is 0 Å². The van der Waals surface area contributed by atoms with Gasteiger partial charge < -0.3 is 9.84 Å². The number of nitrogens with one attached hydrogen (secondary N) is 1. The molecule has 0 spiro atoms. The van der Waals surface area contributed by atoms with E-state index in [-0.39, 0.29) is 16.7 Å². The molecule has 2 N–H and O–H groups in total. The summed E-state index contributed by atoms with van der Waals surface area (Å²) in [5.41, 5.74) is 2.87. The summed E-state index contributed by atoms with van der Waals surface area (Å²) >= 11 is 1.07. The van der Waals surface area contributed by atoms with Crippen LogP contribution in [0.5, 0.6) is 17.4 Å². The van der Waals surface area contributed by atoms with E-state index in [1.54, 1.807) is 24.3 Å². The van der Waals surface area contributed by atoms with Crippen LogP contribution in [0, 0.1) is 6.57 Å². The first-order chi connectivity index (χ1) is 12.1. The van der Waals surface area contributed by atoms with Crippen LogP contribution in [0.1, 0.15) is 28.3 Å². The Balaban J connectivity index is 1.60. The number of hydrogen-bond donors (Lipinski definition) is 2. The lowest BCUT2D eigenvalue weighted by molar-refractivity contribution is 0.447. The van der Waals surface area contributed by atoms with Gasteiger partial charge >= 0.3 is 4.87 Å². The van der Waals surface area contributed by atoms with E-state index in [0.717, 1.165) is 35.5 Å². The molecule has 0 bridgehead atoms. The molecule has 0 saturated heterocycles. The predicted octanol–water partition coefficient (Wildman–Crippen LogP) is 4.56. The first kappa shape index (κ1) is 15.5. The van der Waals surface area contributed by atoms with Gasteiger partial charge in [0.25, 0.3) is 0 Å². The molecule has 1 aliphatic rings. The molecule has 0 amide bonds. The van der Waals surface area contributed by atoms with Crippen molar-refractivity contribution in [1.82, 2.24) is 4.98 Å².